The molecule has 2 heterocycles. The molecule has 5 aromatic rings. The van der Waals surface area contributed by atoms with E-state index in [-0.39, 0.29) is 23.7 Å². The molecule has 1 unspecified atom stereocenters. The number of nitro groups is 1. The molecule has 3 amide bonds. The normalized spacial score (nSPS) is 14.1. The van der Waals surface area contributed by atoms with Crippen molar-refractivity contribution in [1.29, 1.82) is 0 Å². The third kappa shape index (κ3) is 4.67. The summed E-state index contributed by atoms with van der Waals surface area (Å²) in [5, 5.41) is 11.8. The number of aromatic nitrogens is 1. The molecule has 0 aliphatic carbocycles. The summed E-state index contributed by atoms with van der Waals surface area (Å²) < 4.78 is 0. The van der Waals surface area contributed by atoms with Crippen LogP contribution in [0.25, 0.3) is 22.2 Å². The highest BCUT2D eigenvalue weighted by atomic mass is 16.6. The first-order valence-electron chi connectivity index (χ1n) is 12.8. The number of aromatic amines is 1. The van der Waals surface area contributed by atoms with E-state index < -0.39 is 22.8 Å². The fourth-order valence-electron chi connectivity index (χ4n) is 5.25. The molecule has 202 valence electrons. The summed E-state index contributed by atoms with van der Waals surface area (Å²) in [4.78, 5) is 54.6. The maximum Gasteiger partial charge on any atom is 0.269 e. The number of nitrogens with one attached hydrogen (secondary N) is 3. The van der Waals surface area contributed by atoms with E-state index in [0.717, 1.165) is 33.3 Å². The standard InChI is InChI=1S/C31H23N5O5/c37-26(33-34-30(38)20-14-16-21(17-15-20)36(40)41)18-35-29(22-10-4-5-11-23(22)31(35)39)27-24-12-6-7-13-25(24)32-28(27)19-8-2-1-3-9-19/h1-17,29,32H,18H2,(H,33,37)(H,34,38). The second-order valence-corrected chi connectivity index (χ2v) is 9.55. The molecule has 10 heteroatoms. The minimum atomic E-state index is -0.649. The molecule has 4 aromatic carbocycles. The highest BCUT2D eigenvalue weighted by Gasteiger charge is 2.41. The number of hydrazine groups is 1. The number of benzene rings is 4. The Balaban J connectivity index is 1.32. The zero-order chi connectivity index (χ0) is 28.5. The van der Waals surface area contributed by atoms with Crippen LogP contribution in [0.4, 0.5) is 5.69 Å². The van der Waals surface area contributed by atoms with Crippen LogP contribution in [0.15, 0.2) is 103 Å². The van der Waals surface area contributed by atoms with Gasteiger partial charge in [-0.25, -0.2) is 0 Å². The molecule has 1 aliphatic rings. The van der Waals surface area contributed by atoms with Crippen LogP contribution in [0.3, 0.4) is 0 Å². The monoisotopic (exact) mass is 545 g/mol. The highest BCUT2D eigenvalue weighted by Crippen LogP contribution is 2.45. The average molecular weight is 546 g/mol. The summed E-state index contributed by atoms with van der Waals surface area (Å²) in [6.07, 6.45) is 0. The van der Waals surface area contributed by atoms with Crippen LogP contribution in [0.2, 0.25) is 0 Å². The number of carbonyl (C=O) groups excluding carboxylic acids is 3. The average Bonchev–Trinajstić information content (AvgIpc) is 3.51. The van der Waals surface area contributed by atoms with Gasteiger partial charge in [0.2, 0.25) is 0 Å². The Bertz CT molecular complexity index is 1810. The molecule has 3 N–H and O–H groups in total. The summed E-state index contributed by atoms with van der Waals surface area (Å²) in [5.41, 5.74) is 9.50. The molecule has 0 spiro atoms. The Morgan fingerprint density at radius 1 is 0.854 bits per heavy atom. The summed E-state index contributed by atoms with van der Waals surface area (Å²) >= 11 is 0. The fourth-order valence-corrected chi connectivity index (χ4v) is 5.25. The Morgan fingerprint density at radius 2 is 1.54 bits per heavy atom. The van der Waals surface area contributed by atoms with Crippen molar-refractivity contribution in [3.8, 4) is 11.3 Å². The van der Waals surface area contributed by atoms with Crippen LogP contribution in [-0.2, 0) is 4.79 Å². The topological polar surface area (TPSA) is 137 Å². The minimum Gasteiger partial charge on any atom is -0.354 e. The third-order valence-corrected chi connectivity index (χ3v) is 7.11. The van der Waals surface area contributed by atoms with Crippen molar-refractivity contribution in [2.24, 2.45) is 0 Å². The molecule has 0 radical (unpaired) electrons. The lowest BCUT2D eigenvalue weighted by atomic mass is 9.93. The minimum absolute atomic E-state index is 0.129. The maximum absolute atomic E-state index is 13.7. The lowest BCUT2D eigenvalue weighted by molar-refractivity contribution is -0.384. The zero-order valence-corrected chi connectivity index (χ0v) is 21.5. The van der Waals surface area contributed by atoms with Gasteiger partial charge >= 0.3 is 0 Å². The molecule has 0 bridgehead atoms. The molecular formula is C31H23N5O5. The Hall–Kier alpha value is -5.77. The molecule has 0 saturated heterocycles. The van der Waals surface area contributed by atoms with E-state index in [0.29, 0.717) is 5.56 Å². The van der Waals surface area contributed by atoms with Crippen LogP contribution in [-0.4, -0.2) is 39.1 Å². The number of carbonyl (C=O) groups is 3. The van der Waals surface area contributed by atoms with Crippen molar-refractivity contribution in [3.05, 3.63) is 135 Å². The Morgan fingerprint density at radius 3 is 2.29 bits per heavy atom. The summed E-state index contributed by atoms with van der Waals surface area (Å²) in [5.74, 6) is -1.55. The Kier molecular flexibility index (Phi) is 6.48. The molecule has 10 nitrogen and oxygen atoms in total. The number of fused-ring (bicyclic) bond motifs is 2. The predicted molar refractivity (Wildman–Crippen MR) is 152 cm³/mol. The summed E-state index contributed by atoms with van der Waals surface area (Å²) in [7, 11) is 0. The number of nitro benzene ring substituents is 1. The van der Waals surface area contributed by atoms with Gasteiger partial charge in [0.1, 0.15) is 6.54 Å². The van der Waals surface area contributed by atoms with Gasteiger partial charge in [0.15, 0.2) is 0 Å². The number of H-pyrrole nitrogens is 1. The van der Waals surface area contributed by atoms with E-state index in [2.05, 4.69) is 15.8 Å². The number of nitrogens with zero attached hydrogens (tertiary/aromatic N) is 2. The van der Waals surface area contributed by atoms with E-state index in [1.807, 2.05) is 66.7 Å². The van der Waals surface area contributed by atoms with Gasteiger partial charge in [-0.2, -0.15) is 0 Å². The lowest BCUT2D eigenvalue weighted by Gasteiger charge is -2.26. The van der Waals surface area contributed by atoms with E-state index in [1.165, 1.54) is 29.2 Å². The zero-order valence-electron chi connectivity index (χ0n) is 21.5. The molecule has 0 saturated carbocycles. The van der Waals surface area contributed by atoms with E-state index >= 15 is 0 Å². The Labute approximate surface area is 233 Å². The van der Waals surface area contributed by atoms with Crippen LogP contribution < -0.4 is 10.9 Å². The molecule has 0 fully saturated rings. The van der Waals surface area contributed by atoms with Crippen LogP contribution in [0.1, 0.15) is 37.9 Å². The van der Waals surface area contributed by atoms with Crippen molar-refractivity contribution in [2.75, 3.05) is 6.54 Å². The smallest absolute Gasteiger partial charge is 0.269 e. The molecule has 41 heavy (non-hydrogen) atoms. The van der Waals surface area contributed by atoms with Gasteiger partial charge in [0, 0.05) is 39.7 Å². The van der Waals surface area contributed by atoms with Crippen molar-refractivity contribution in [1.82, 2.24) is 20.7 Å². The number of non-ortho nitro benzene ring substituents is 1. The van der Waals surface area contributed by atoms with Gasteiger partial charge in [0.05, 0.1) is 16.7 Å². The summed E-state index contributed by atoms with van der Waals surface area (Å²) in [6, 6.07) is 29.3. The molecule has 1 atom stereocenters. The first-order valence-corrected chi connectivity index (χ1v) is 12.8. The molecular weight excluding hydrogens is 522 g/mol. The van der Waals surface area contributed by atoms with Gasteiger partial charge in [-0.05, 0) is 35.4 Å². The van der Waals surface area contributed by atoms with Gasteiger partial charge in [0.25, 0.3) is 23.4 Å². The molecule has 1 aromatic heterocycles. The van der Waals surface area contributed by atoms with Gasteiger partial charge in [-0.1, -0.05) is 66.7 Å². The second kappa shape index (κ2) is 10.4. The first-order chi connectivity index (χ1) is 19.9. The van der Waals surface area contributed by atoms with E-state index in [9.17, 15) is 24.5 Å². The van der Waals surface area contributed by atoms with E-state index in [4.69, 9.17) is 0 Å². The predicted octanol–water partition coefficient (Wildman–Crippen LogP) is 4.75. The van der Waals surface area contributed by atoms with E-state index in [1.54, 1.807) is 12.1 Å². The van der Waals surface area contributed by atoms with Gasteiger partial charge in [-0.15, -0.1) is 0 Å². The molecule has 6 rings (SSSR count). The SMILES string of the molecule is O=C(CN1C(=O)c2ccccc2C1c1c(-c2ccccc2)[nH]c2ccccc12)NNC(=O)c1ccc([N+](=O)[O-])cc1. The number of hydrogen-bond donors (Lipinski definition) is 3. The van der Waals surface area contributed by atoms with Crippen LogP contribution in [0, 0.1) is 10.1 Å². The maximum atomic E-state index is 13.7. The number of amides is 3. The number of para-hydroxylation sites is 1. The molecule has 1 aliphatic heterocycles. The van der Waals surface area contributed by atoms with Crippen molar-refractivity contribution >= 4 is 34.3 Å². The third-order valence-electron chi connectivity index (χ3n) is 7.11. The van der Waals surface area contributed by atoms with Gasteiger partial charge < -0.3 is 9.88 Å². The quantitative estimate of drug-likeness (QED) is 0.209. The lowest BCUT2D eigenvalue weighted by Crippen LogP contribution is -2.47. The van der Waals surface area contributed by atoms with Gasteiger partial charge in [-0.3, -0.25) is 35.3 Å². The second-order valence-electron chi connectivity index (χ2n) is 9.55. The fraction of sp³-hybridized carbons (Fsp3) is 0.0645. The number of hydrogen-bond acceptors (Lipinski definition) is 5. The first kappa shape index (κ1) is 25.5. The highest BCUT2D eigenvalue weighted by molar-refractivity contribution is 6.04. The largest absolute Gasteiger partial charge is 0.354 e. The van der Waals surface area contributed by atoms with Crippen molar-refractivity contribution in [2.45, 2.75) is 6.04 Å². The van der Waals surface area contributed by atoms with Crippen molar-refractivity contribution < 1.29 is 19.3 Å². The summed E-state index contributed by atoms with van der Waals surface area (Å²) in [6.45, 7) is -0.327. The van der Waals surface area contributed by atoms with Crippen LogP contribution >= 0.6 is 0 Å². The van der Waals surface area contributed by atoms with Crippen LogP contribution in [0.5, 0.6) is 0 Å². The van der Waals surface area contributed by atoms with Crippen molar-refractivity contribution in [3.63, 3.8) is 0 Å². The number of rotatable bonds is 6.